The van der Waals surface area contributed by atoms with E-state index < -0.39 is 0 Å². The van der Waals surface area contributed by atoms with E-state index in [-0.39, 0.29) is 0 Å². The van der Waals surface area contributed by atoms with Crippen molar-refractivity contribution < 1.29 is 0 Å². The van der Waals surface area contributed by atoms with Crippen molar-refractivity contribution in [1.29, 1.82) is 0 Å². The van der Waals surface area contributed by atoms with Crippen LogP contribution < -0.4 is 0 Å². The monoisotopic (exact) mass is 498 g/mol. The smallest absolute Gasteiger partial charge is 0.180 e. The Morgan fingerprint density at radius 1 is 0.886 bits per heavy atom. The summed E-state index contributed by atoms with van der Waals surface area (Å²) in [4.78, 5) is 5.83. The van der Waals surface area contributed by atoms with Gasteiger partial charge in [-0.3, -0.25) is 0 Å². The third kappa shape index (κ3) is 4.12. The first kappa shape index (κ1) is 22.0. The van der Waals surface area contributed by atoms with Gasteiger partial charge in [-0.1, -0.05) is 92.2 Å². The first-order valence-electron chi connectivity index (χ1n) is 11.7. The van der Waals surface area contributed by atoms with Crippen LogP contribution >= 0.6 is 24.4 Å². The van der Waals surface area contributed by atoms with Crippen LogP contribution in [0.1, 0.15) is 60.8 Å². The molecule has 174 valence electrons. The van der Waals surface area contributed by atoms with Crippen molar-refractivity contribution in [3.05, 3.63) is 71.3 Å². The summed E-state index contributed by atoms with van der Waals surface area (Å²) in [7, 11) is 0. The summed E-state index contributed by atoms with van der Waals surface area (Å²) in [5, 5.41) is 22.6. The van der Waals surface area contributed by atoms with Gasteiger partial charge in [-0.05, 0) is 40.0 Å². The van der Waals surface area contributed by atoms with E-state index in [4.69, 9.17) is 29.4 Å². The van der Waals surface area contributed by atoms with E-state index in [1.165, 1.54) is 19.3 Å². The van der Waals surface area contributed by atoms with E-state index in [2.05, 4.69) is 65.8 Å². The van der Waals surface area contributed by atoms with Crippen molar-refractivity contribution in [3.63, 3.8) is 0 Å². The lowest BCUT2D eigenvalue weighted by Crippen LogP contribution is -2.17. The summed E-state index contributed by atoms with van der Waals surface area (Å²) >= 11 is 11.0. The number of tetrazole rings is 1. The molecule has 3 heterocycles. The van der Waals surface area contributed by atoms with Gasteiger partial charge in [0.15, 0.2) is 15.8 Å². The zero-order chi connectivity index (χ0) is 23.8. The zero-order valence-electron chi connectivity index (χ0n) is 18.9. The quantitative estimate of drug-likeness (QED) is 0.358. The maximum absolute atomic E-state index is 5.57. The van der Waals surface area contributed by atoms with Gasteiger partial charge in [-0.15, -0.1) is 15.3 Å². The second kappa shape index (κ2) is 9.27. The van der Waals surface area contributed by atoms with Gasteiger partial charge in [0.1, 0.15) is 17.2 Å². The van der Waals surface area contributed by atoms with Gasteiger partial charge < -0.3 is 4.57 Å². The molecule has 1 N–H and O–H groups in total. The van der Waals surface area contributed by atoms with Gasteiger partial charge >= 0.3 is 0 Å². The molecule has 35 heavy (non-hydrogen) atoms. The van der Waals surface area contributed by atoms with Crippen LogP contribution in [0.4, 0.5) is 0 Å². The largest absolute Gasteiger partial charge is 0.321 e. The molecule has 0 bridgehead atoms. The molecule has 0 unspecified atom stereocenters. The molecule has 10 heteroatoms. The standard InChI is InChI=1S/C25H22N8S2/c34-24-20-21(25(35)30-29-24)33(23(26-20)17-6-2-1-3-7-17)14-15-10-12-16(13-11-15)18-8-4-5-9-19(18)22-27-31-32-28-22/h4-5,8-13,17H,1-3,6-7,14H2,(H,27,28,31,32). The Morgan fingerprint density at radius 2 is 1.63 bits per heavy atom. The van der Waals surface area contributed by atoms with Crippen molar-refractivity contribution in [1.82, 2.24) is 30.2 Å². The van der Waals surface area contributed by atoms with E-state index in [0.29, 0.717) is 34.0 Å². The van der Waals surface area contributed by atoms with Crippen molar-refractivity contribution in [2.75, 3.05) is 0 Å². The summed E-state index contributed by atoms with van der Waals surface area (Å²) in [6.07, 6.45) is 6.00. The van der Waals surface area contributed by atoms with Gasteiger partial charge in [0, 0.05) is 18.0 Å². The number of aromatic amines is 1. The Kier molecular flexibility index (Phi) is 5.83. The summed E-state index contributed by atoms with van der Waals surface area (Å²) in [6, 6.07) is 16.6. The minimum Gasteiger partial charge on any atom is -0.321 e. The Hall–Kier alpha value is -3.50. The van der Waals surface area contributed by atoms with Crippen LogP contribution in [-0.2, 0) is 6.54 Å². The van der Waals surface area contributed by atoms with Crippen molar-refractivity contribution >= 4 is 34.4 Å². The topological polar surface area (TPSA) is 97.0 Å². The number of fused-ring (bicyclic) bond motifs is 1. The lowest BCUT2D eigenvalue weighted by atomic mass is 9.88. The molecule has 2 aromatic heterocycles. The molecule has 1 fully saturated rings. The van der Waals surface area contributed by atoms with Gasteiger partial charge in [0.2, 0.25) is 0 Å². The molecule has 6 rings (SSSR count). The second-order valence-corrected chi connectivity index (χ2v) is 9.66. The minimum atomic E-state index is 0.404. The molecule has 1 aliphatic heterocycles. The molecule has 1 saturated carbocycles. The first-order valence-corrected chi connectivity index (χ1v) is 12.5. The number of azo groups is 1. The number of aromatic nitrogens is 6. The number of rotatable bonds is 5. The molecule has 0 saturated heterocycles. The highest BCUT2D eigenvalue weighted by atomic mass is 32.1. The van der Waals surface area contributed by atoms with Crippen molar-refractivity contribution in [3.8, 4) is 22.5 Å². The van der Waals surface area contributed by atoms with Crippen molar-refractivity contribution in [2.45, 2.75) is 44.6 Å². The number of hydrogen-bond acceptors (Lipinski definition) is 6. The van der Waals surface area contributed by atoms with Crippen LogP contribution in [0.3, 0.4) is 0 Å². The Morgan fingerprint density at radius 3 is 2.37 bits per heavy atom. The average Bonchev–Trinajstić information content (AvgIpc) is 3.57. The summed E-state index contributed by atoms with van der Waals surface area (Å²) < 4.78 is 2.22. The normalized spacial score (nSPS) is 16.0. The fourth-order valence-corrected chi connectivity index (χ4v) is 5.47. The predicted octanol–water partition coefficient (Wildman–Crippen LogP) is 5.64. The Bertz CT molecular complexity index is 1430. The summed E-state index contributed by atoms with van der Waals surface area (Å²) in [6.45, 7) is 0.653. The SMILES string of the molecule is S=C1N=NC(=S)c2c1nc(C1CCCCC1)n2Cc1ccc(-c2ccccc2-c2nnn[nH]2)cc1. The molecule has 2 aliphatic rings. The Balaban J connectivity index is 1.36. The van der Waals surface area contributed by atoms with E-state index in [1.807, 2.05) is 18.2 Å². The maximum atomic E-state index is 5.57. The third-order valence-corrected chi connectivity index (χ3v) is 7.29. The average molecular weight is 499 g/mol. The molecule has 0 atom stereocenters. The van der Waals surface area contributed by atoms with Crippen LogP contribution in [0, 0.1) is 0 Å². The minimum absolute atomic E-state index is 0.404. The van der Waals surface area contributed by atoms with E-state index in [1.54, 1.807) is 0 Å². The van der Waals surface area contributed by atoms with Gasteiger partial charge in [0.25, 0.3) is 0 Å². The summed E-state index contributed by atoms with van der Waals surface area (Å²) in [5.41, 5.74) is 5.79. The summed E-state index contributed by atoms with van der Waals surface area (Å²) in [5.74, 6) is 2.10. The highest BCUT2D eigenvalue weighted by Crippen LogP contribution is 2.35. The maximum Gasteiger partial charge on any atom is 0.180 e. The predicted molar refractivity (Wildman–Crippen MR) is 140 cm³/mol. The Labute approximate surface area is 212 Å². The second-order valence-electron chi connectivity index (χ2n) is 8.89. The van der Waals surface area contributed by atoms with E-state index in [0.717, 1.165) is 46.6 Å². The highest BCUT2D eigenvalue weighted by molar-refractivity contribution is 7.81. The third-order valence-electron chi connectivity index (χ3n) is 6.74. The van der Waals surface area contributed by atoms with Gasteiger partial charge in [-0.25, -0.2) is 10.1 Å². The van der Waals surface area contributed by atoms with Crippen LogP contribution in [0.25, 0.3) is 22.5 Å². The molecule has 0 spiro atoms. The number of nitrogens with zero attached hydrogens (tertiary/aromatic N) is 7. The van der Waals surface area contributed by atoms with Gasteiger partial charge in [-0.2, -0.15) is 0 Å². The van der Waals surface area contributed by atoms with E-state index >= 15 is 0 Å². The van der Waals surface area contributed by atoms with Crippen LogP contribution in [0.5, 0.6) is 0 Å². The molecule has 0 amide bonds. The number of imidazole rings is 1. The molecule has 1 aliphatic carbocycles. The fraction of sp³-hybridized carbons (Fsp3) is 0.280. The number of nitrogens with one attached hydrogen (secondary N) is 1. The number of benzene rings is 2. The molecular weight excluding hydrogens is 476 g/mol. The lowest BCUT2D eigenvalue weighted by molar-refractivity contribution is 0.418. The van der Waals surface area contributed by atoms with Crippen LogP contribution in [-0.4, -0.2) is 40.2 Å². The lowest BCUT2D eigenvalue weighted by Gasteiger charge is -2.23. The van der Waals surface area contributed by atoms with Crippen molar-refractivity contribution in [2.24, 2.45) is 10.2 Å². The highest BCUT2D eigenvalue weighted by Gasteiger charge is 2.30. The molecular formula is C25H22N8S2. The molecule has 8 nitrogen and oxygen atoms in total. The molecule has 0 radical (unpaired) electrons. The zero-order valence-corrected chi connectivity index (χ0v) is 20.5. The van der Waals surface area contributed by atoms with E-state index in [9.17, 15) is 0 Å². The molecule has 4 aromatic rings. The number of thiocarbonyl (C=S) groups is 2. The van der Waals surface area contributed by atoms with Crippen LogP contribution in [0.15, 0.2) is 58.8 Å². The number of H-pyrrole nitrogens is 1. The first-order chi connectivity index (χ1) is 17.2. The molecule has 2 aromatic carbocycles. The number of hydrogen-bond donors (Lipinski definition) is 1. The van der Waals surface area contributed by atoms with Crippen LogP contribution in [0.2, 0.25) is 0 Å². The fourth-order valence-electron chi connectivity index (χ4n) is 5.04. The van der Waals surface area contributed by atoms with Gasteiger partial charge in [0.05, 0.1) is 0 Å².